The van der Waals surface area contributed by atoms with Crippen LogP contribution in [0.5, 0.6) is 5.75 Å². The minimum absolute atomic E-state index is 0.00781. The van der Waals surface area contributed by atoms with Gasteiger partial charge < -0.3 is 14.2 Å². The molecule has 1 N–H and O–H groups in total. The van der Waals surface area contributed by atoms with E-state index in [1.807, 2.05) is 0 Å². The number of hydrogen-bond donors (Lipinski definition) is 1. The number of alkyl carbamates (subject to hydrolysis) is 1. The van der Waals surface area contributed by atoms with Gasteiger partial charge in [-0.15, -0.1) is 0 Å². The van der Waals surface area contributed by atoms with Gasteiger partial charge in [0, 0.05) is 0 Å². The van der Waals surface area contributed by atoms with Crippen LogP contribution in [0.15, 0.2) is 12.1 Å². The molecule has 0 aromatic heterocycles. The van der Waals surface area contributed by atoms with Crippen LogP contribution in [0.3, 0.4) is 0 Å². The molecule has 0 heterocycles. The summed E-state index contributed by atoms with van der Waals surface area (Å²) in [5.41, 5.74) is -6.06. The van der Waals surface area contributed by atoms with Crippen molar-refractivity contribution in [1.82, 2.24) is 5.32 Å². The van der Waals surface area contributed by atoms with Crippen LogP contribution in [0.1, 0.15) is 57.2 Å². The fourth-order valence-corrected chi connectivity index (χ4v) is 3.29. The lowest BCUT2D eigenvalue weighted by Crippen LogP contribution is -2.35. The molecule has 0 saturated heterocycles. The van der Waals surface area contributed by atoms with Crippen LogP contribution in [-0.4, -0.2) is 25.6 Å². The van der Waals surface area contributed by atoms with E-state index in [-0.39, 0.29) is 12.0 Å². The Morgan fingerprint density at radius 2 is 1.82 bits per heavy atom. The number of amides is 1. The lowest BCUT2D eigenvalue weighted by Gasteiger charge is -2.24. The standard InChI is InChI=1S/C17H21F4NO5S/c1-16(2,3)26-15(23)22-12-7-5-4-6-11-10(12)8-9-13(14(11)18)27-28(24,25)17(19,20)21/h8-9,12H,4-7H2,1-3H3,(H,22,23). The monoisotopic (exact) mass is 427 g/mol. The second-order valence-electron chi connectivity index (χ2n) is 7.37. The highest BCUT2D eigenvalue weighted by Crippen LogP contribution is 2.36. The van der Waals surface area contributed by atoms with Crippen molar-refractivity contribution in [2.45, 2.75) is 63.6 Å². The second kappa shape index (κ2) is 7.76. The predicted molar refractivity (Wildman–Crippen MR) is 91.7 cm³/mol. The molecule has 1 aromatic carbocycles. The Balaban J connectivity index is 2.33. The van der Waals surface area contributed by atoms with Crippen molar-refractivity contribution < 1.29 is 39.7 Å². The number of nitrogens with one attached hydrogen (secondary N) is 1. The molecule has 6 nitrogen and oxygen atoms in total. The Kier molecular flexibility index (Phi) is 6.17. The molecule has 0 fully saturated rings. The van der Waals surface area contributed by atoms with Crippen molar-refractivity contribution in [2.24, 2.45) is 0 Å². The number of alkyl halides is 3. The van der Waals surface area contributed by atoms with Crippen molar-refractivity contribution in [3.05, 3.63) is 29.1 Å². The Labute approximate surface area is 160 Å². The molecule has 1 aliphatic carbocycles. The summed E-state index contributed by atoms with van der Waals surface area (Å²) in [5, 5.41) is 2.62. The van der Waals surface area contributed by atoms with Crippen LogP contribution >= 0.6 is 0 Å². The topological polar surface area (TPSA) is 81.7 Å². The molecule has 2 rings (SSSR count). The van der Waals surface area contributed by atoms with E-state index in [0.29, 0.717) is 24.8 Å². The quantitative estimate of drug-likeness (QED) is 0.336. The molecular weight excluding hydrogens is 406 g/mol. The van der Waals surface area contributed by atoms with E-state index in [1.165, 1.54) is 6.07 Å². The minimum atomic E-state index is -5.99. The lowest BCUT2D eigenvalue weighted by molar-refractivity contribution is -0.0501. The van der Waals surface area contributed by atoms with Gasteiger partial charge in [0.1, 0.15) is 5.60 Å². The van der Waals surface area contributed by atoms with Crippen LogP contribution in [-0.2, 0) is 21.3 Å². The highest BCUT2D eigenvalue weighted by atomic mass is 32.2. The summed E-state index contributed by atoms with van der Waals surface area (Å²) in [6, 6.07) is 1.44. The molecule has 0 bridgehead atoms. The van der Waals surface area contributed by atoms with Gasteiger partial charge >= 0.3 is 21.7 Å². The summed E-state index contributed by atoms with van der Waals surface area (Å²) < 4.78 is 83.7. The first-order chi connectivity index (χ1) is 12.7. The molecule has 0 radical (unpaired) electrons. The third-order valence-electron chi connectivity index (χ3n) is 3.96. The Hall–Kier alpha value is -2.04. The molecule has 1 aromatic rings. The van der Waals surface area contributed by atoms with Gasteiger partial charge in [-0.05, 0) is 57.2 Å². The average Bonchev–Trinajstić information content (AvgIpc) is 2.70. The molecule has 0 aliphatic heterocycles. The highest BCUT2D eigenvalue weighted by molar-refractivity contribution is 7.88. The Bertz CT molecular complexity index is 846. The van der Waals surface area contributed by atoms with E-state index in [0.717, 1.165) is 6.07 Å². The lowest BCUT2D eigenvalue weighted by atomic mass is 9.98. The van der Waals surface area contributed by atoms with Crippen molar-refractivity contribution in [2.75, 3.05) is 0 Å². The predicted octanol–water partition coefficient (Wildman–Crippen LogP) is 4.35. The van der Waals surface area contributed by atoms with Crippen LogP contribution in [0.4, 0.5) is 22.4 Å². The number of carbonyl (C=O) groups is 1. The Morgan fingerprint density at radius 3 is 2.39 bits per heavy atom. The highest BCUT2D eigenvalue weighted by Gasteiger charge is 2.49. The van der Waals surface area contributed by atoms with Gasteiger partial charge in [-0.2, -0.15) is 21.6 Å². The largest absolute Gasteiger partial charge is 0.534 e. The zero-order valence-corrected chi connectivity index (χ0v) is 16.3. The van der Waals surface area contributed by atoms with Gasteiger partial charge in [0.15, 0.2) is 11.6 Å². The number of ether oxygens (including phenoxy) is 1. The van der Waals surface area contributed by atoms with Gasteiger partial charge in [-0.25, -0.2) is 9.18 Å². The third-order valence-corrected chi connectivity index (χ3v) is 4.93. The maximum Gasteiger partial charge on any atom is 0.534 e. The number of carbonyl (C=O) groups excluding carboxylic acids is 1. The van der Waals surface area contributed by atoms with Crippen LogP contribution in [0.2, 0.25) is 0 Å². The minimum Gasteiger partial charge on any atom is -0.444 e. The molecule has 1 unspecified atom stereocenters. The maximum absolute atomic E-state index is 14.7. The van der Waals surface area contributed by atoms with E-state index in [2.05, 4.69) is 9.50 Å². The van der Waals surface area contributed by atoms with Crippen LogP contribution in [0.25, 0.3) is 0 Å². The molecule has 1 amide bonds. The van der Waals surface area contributed by atoms with Crippen molar-refractivity contribution in [1.29, 1.82) is 0 Å². The van der Waals surface area contributed by atoms with E-state index in [4.69, 9.17) is 4.74 Å². The van der Waals surface area contributed by atoms with Crippen molar-refractivity contribution in [3.63, 3.8) is 0 Å². The number of halogens is 4. The summed E-state index contributed by atoms with van der Waals surface area (Å²) in [6.07, 6.45) is 1.03. The molecule has 158 valence electrons. The first-order valence-corrected chi connectivity index (χ1v) is 9.93. The van der Waals surface area contributed by atoms with E-state index < -0.39 is 44.9 Å². The molecule has 1 aliphatic rings. The average molecular weight is 427 g/mol. The first kappa shape index (κ1) is 22.3. The van der Waals surface area contributed by atoms with E-state index >= 15 is 0 Å². The summed E-state index contributed by atoms with van der Waals surface area (Å²) in [6.45, 7) is 5.04. The molecule has 28 heavy (non-hydrogen) atoms. The summed E-state index contributed by atoms with van der Waals surface area (Å²) in [5.74, 6) is -2.22. The van der Waals surface area contributed by atoms with E-state index in [9.17, 15) is 30.8 Å². The van der Waals surface area contributed by atoms with Gasteiger partial charge in [-0.3, -0.25) is 0 Å². The number of benzene rings is 1. The molecular formula is C17H21F4NO5S. The smallest absolute Gasteiger partial charge is 0.444 e. The summed E-state index contributed by atoms with van der Waals surface area (Å²) in [7, 11) is -5.99. The molecule has 11 heteroatoms. The normalized spacial score (nSPS) is 18.0. The maximum atomic E-state index is 14.7. The third kappa shape index (κ3) is 5.27. The van der Waals surface area contributed by atoms with Gasteiger partial charge in [0.2, 0.25) is 0 Å². The first-order valence-electron chi connectivity index (χ1n) is 8.53. The van der Waals surface area contributed by atoms with Gasteiger partial charge in [0.25, 0.3) is 0 Å². The SMILES string of the molecule is CC(C)(C)OC(=O)NC1CCCCc2c1ccc(OS(=O)(=O)C(F)(F)F)c2F. The number of rotatable bonds is 3. The van der Waals surface area contributed by atoms with Gasteiger partial charge in [0.05, 0.1) is 6.04 Å². The number of fused-ring (bicyclic) bond motifs is 1. The molecule has 0 spiro atoms. The zero-order valence-electron chi connectivity index (χ0n) is 15.5. The van der Waals surface area contributed by atoms with Gasteiger partial charge in [-0.1, -0.05) is 12.5 Å². The van der Waals surface area contributed by atoms with Crippen LogP contribution in [0, 0.1) is 5.82 Å². The molecule has 1 atom stereocenters. The fraction of sp³-hybridized carbons (Fsp3) is 0.588. The van der Waals surface area contributed by atoms with Crippen molar-refractivity contribution >= 4 is 16.2 Å². The second-order valence-corrected chi connectivity index (χ2v) is 8.91. The summed E-state index contributed by atoms with van der Waals surface area (Å²) >= 11 is 0. The number of hydrogen-bond acceptors (Lipinski definition) is 5. The molecule has 0 saturated carbocycles. The van der Waals surface area contributed by atoms with Crippen LogP contribution < -0.4 is 9.50 Å². The zero-order chi connectivity index (χ0) is 21.3. The summed E-state index contributed by atoms with van der Waals surface area (Å²) in [4.78, 5) is 12.0. The van der Waals surface area contributed by atoms with Crippen molar-refractivity contribution in [3.8, 4) is 5.75 Å². The Morgan fingerprint density at radius 1 is 1.18 bits per heavy atom. The van der Waals surface area contributed by atoms with E-state index in [1.54, 1.807) is 20.8 Å². The fourth-order valence-electron chi connectivity index (χ4n) is 2.83.